The molecule has 0 aromatic rings. The van der Waals surface area contributed by atoms with Crippen molar-refractivity contribution in [2.45, 2.75) is 51.4 Å². The van der Waals surface area contributed by atoms with Crippen LogP contribution in [-0.4, -0.2) is 33.8 Å². The fourth-order valence-electron chi connectivity index (χ4n) is 1.63. The summed E-state index contributed by atoms with van der Waals surface area (Å²) in [6.45, 7) is 0. The summed E-state index contributed by atoms with van der Waals surface area (Å²) >= 11 is 0. The fraction of sp³-hybridized carbons (Fsp3) is 0.667. The van der Waals surface area contributed by atoms with Crippen LogP contribution in [0.4, 0.5) is 0 Å². The van der Waals surface area contributed by atoms with Crippen molar-refractivity contribution in [3.05, 3.63) is 0 Å². The van der Waals surface area contributed by atoms with E-state index in [2.05, 4.69) is 0 Å². The minimum absolute atomic E-state index is 0.0988. The first-order chi connectivity index (χ1) is 9.52. The Morgan fingerprint density at radius 2 is 0.900 bits per heavy atom. The molecule has 0 fully saturated rings. The maximum absolute atomic E-state index is 11.0. The summed E-state index contributed by atoms with van der Waals surface area (Å²) in [6, 6.07) is 0. The van der Waals surface area contributed by atoms with E-state index in [9.17, 15) is 19.2 Å². The van der Waals surface area contributed by atoms with Crippen LogP contribution in [0.1, 0.15) is 51.4 Å². The predicted octanol–water partition coefficient (Wildman–Crippen LogP) is 0.256. The molecule has 0 aromatic carbocycles. The Morgan fingerprint density at radius 3 is 1.20 bits per heavy atom. The second-order valence-corrected chi connectivity index (χ2v) is 4.35. The standard InChI is InChI=1S/C12H20N2O6/c15-9(11(17)13-19)7-5-3-1-2-4-6-8-10(16)12(18)14-20/h19-20H,1-8H2,(H,13,17)(H,14,18). The first-order valence-corrected chi connectivity index (χ1v) is 6.47. The van der Waals surface area contributed by atoms with Crippen molar-refractivity contribution in [1.29, 1.82) is 0 Å². The number of nitrogens with one attached hydrogen (secondary N) is 2. The van der Waals surface area contributed by atoms with Crippen LogP contribution < -0.4 is 11.0 Å². The van der Waals surface area contributed by atoms with Gasteiger partial charge in [-0.3, -0.25) is 29.6 Å². The van der Waals surface area contributed by atoms with Crippen LogP contribution in [0.2, 0.25) is 0 Å². The summed E-state index contributed by atoms with van der Waals surface area (Å²) in [4.78, 5) is 43.4. The number of amides is 2. The highest BCUT2D eigenvalue weighted by molar-refractivity contribution is 6.36. The van der Waals surface area contributed by atoms with E-state index in [-0.39, 0.29) is 12.8 Å². The number of Topliss-reactive ketones (excluding diaryl/α,β-unsaturated/α-hetero) is 2. The van der Waals surface area contributed by atoms with Crippen LogP contribution in [0.25, 0.3) is 0 Å². The van der Waals surface area contributed by atoms with Crippen LogP contribution >= 0.6 is 0 Å². The van der Waals surface area contributed by atoms with Gasteiger partial charge in [0.2, 0.25) is 11.6 Å². The molecular formula is C12H20N2O6. The number of ketones is 2. The number of carbonyl (C=O) groups is 4. The number of hydrogen-bond donors (Lipinski definition) is 4. The quantitative estimate of drug-likeness (QED) is 0.186. The third kappa shape index (κ3) is 8.33. The van der Waals surface area contributed by atoms with Crippen LogP contribution in [0, 0.1) is 0 Å². The highest BCUT2D eigenvalue weighted by Gasteiger charge is 2.12. The molecule has 4 N–H and O–H groups in total. The van der Waals surface area contributed by atoms with E-state index >= 15 is 0 Å². The van der Waals surface area contributed by atoms with Gasteiger partial charge in [0.1, 0.15) is 0 Å². The largest absolute Gasteiger partial charge is 0.310 e. The van der Waals surface area contributed by atoms with Crippen molar-refractivity contribution < 1.29 is 29.6 Å². The Bertz CT molecular complexity index is 322. The molecule has 0 aliphatic carbocycles. The molecule has 0 spiro atoms. The van der Waals surface area contributed by atoms with Crippen molar-refractivity contribution in [3.8, 4) is 0 Å². The Kier molecular flexibility index (Phi) is 10.1. The van der Waals surface area contributed by atoms with Gasteiger partial charge in [-0.2, -0.15) is 0 Å². The van der Waals surface area contributed by atoms with Gasteiger partial charge in [0.25, 0.3) is 0 Å². The van der Waals surface area contributed by atoms with Crippen molar-refractivity contribution in [2.75, 3.05) is 0 Å². The topological polar surface area (TPSA) is 133 Å². The fourth-order valence-corrected chi connectivity index (χ4v) is 1.63. The highest BCUT2D eigenvalue weighted by atomic mass is 16.5. The zero-order valence-corrected chi connectivity index (χ0v) is 11.2. The molecule has 0 aromatic heterocycles. The predicted molar refractivity (Wildman–Crippen MR) is 66.8 cm³/mol. The molecule has 0 aliphatic rings. The Labute approximate surface area is 116 Å². The summed E-state index contributed by atoms with van der Waals surface area (Å²) in [5, 5.41) is 16.4. The number of hydroxylamine groups is 2. The zero-order valence-electron chi connectivity index (χ0n) is 11.2. The van der Waals surface area contributed by atoms with E-state index in [0.29, 0.717) is 12.8 Å². The Morgan fingerprint density at radius 1 is 0.600 bits per heavy atom. The lowest BCUT2D eigenvalue weighted by Crippen LogP contribution is -2.27. The molecule has 0 bridgehead atoms. The molecule has 0 radical (unpaired) electrons. The summed E-state index contributed by atoms with van der Waals surface area (Å²) in [6.07, 6.45) is 4.59. The molecule has 8 nitrogen and oxygen atoms in total. The normalized spacial score (nSPS) is 9.90. The van der Waals surface area contributed by atoms with Crippen molar-refractivity contribution in [2.24, 2.45) is 0 Å². The molecule has 0 aliphatic heterocycles. The summed E-state index contributed by atoms with van der Waals surface area (Å²) in [5.41, 5.74) is 2.57. The third-order valence-corrected chi connectivity index (χ3v) is 2.77. The van der Waals surface area contributed by atoms with E-state index in [1.54, 1.807) is 0 Å². The molecule has 0 saturated carbocycles. The molecular weight excluding hydrogens is 268 g/mol. The second-order valence-electron chi connectivity index (χ2n) is 4.35. The van der Waals surface area contributed by atoms with Crippen LogP contribution in [0.3, 0.4) is 0 Å². The monoisotopic (exact) mass is 288 g/mol. The number of hydrogen-bond acceptors (Lipinski definition) is 6. The van der Waals surface area contributed by atoms with Gasteiger partial charge in [-0.1, -0.05) is 25.7 Å². The van der Waals surface area contributed by atoms with E-state index in [1.165, 1.54) is 11.0 Å². The SMILES string of the molecule is O=C(CCCCCCCCC(=O)C(=O)NO)C(=O)NO. The summed E-state index contributed by atoms with van der Waals surface area (Å²) in [5.74, 6) is -3.28. The van der Waals surface area contributed by atoms with Gasteiger partial charge in [0.05, 0.1) is 0 Å². The first kappa shape index (κ1) is 18.2. The van der Waals surface area contributed by atoms with Gasteiger partial charge in [0, 0.05) is 12.8 Å². The number of unbranched alkanes of at least 4 members (excludes halogenated alkanes) is 5. The van der Waals surface area contributed by atoms with Gasteiger partial charge in [0.15, 0.2) is 0 Å². The van der Waals surface area contributed by atoms with Crippen molar-refractivity contribution >= 4 is 23.4 Å². The molecule has 2 amide bonds. The Hall–Kier alpha value is -1.80. The molecule has 0 atom stereocenters. The van der Waals surface area contributed by atoms with E-state index in [4.69, 9.17) is 10.4 Å². The highest BCUT2D eigenvalue weighted by Crippen LogP contribution is 2.09. The minimum Gasteiger partial charge on any atom is -0.289 e. The van der Waals surface area contributed by atoms with E-state index in [0.717, 1.165) is 25.7 Å². The van der Waals surface area contributed by atoms with Crippen molar-refractivity contribution in [3.63, 3.8) is 0 Å². The molecule has 8 heteroatoms. The lowest BCUT2D eigenvalue weighted by Gasteiger charge is -2.01. The molecule has 0 rings (SSSR count). The van der Waals surface area contributed by atoms with Gasteiger partial charge in [-0.25, -0.2) is 11.0 Å². The number of carbonyl (C=O) groups excluding carboxylic acids is 4. The summed E-state index contributed by atoms with van der Waals surface area (Å²) < 4.78 is 0. The lowest BCUT2D eigenvalue weighted by molar-refractivity contribution is -0.143. The minimum atomic E-state index is -0.995. The average Bonchev–Trinajstić information content (AvgIpc) is 2.47. The average molecular weight is 288 g/mol. The molecule has 0 unspecified atom stereocenters. The molecule has 20 heavy (non-hydrogen) atoms. The van der Waals surface area contributed by atoms with Crippen LogP contribution in [0.5, 0.6) is 0 Å². The third-order valence-electron chi connectivity index (χ3n) is 2.77. The van der Waals surface area contributed by atoms with Crippen molar-refractivity contribution in [1.82, 2.24) is 11.0 Å². The zero-order chi connectivity index (χ0) is 15.4. The van der Waals surface area contributed by atoms with Crippen LogP contribution in [0.15, 0.2) is 0 Å². The van der Waals surface area contributed by atoms with Crippen LogP contribution in [-0.2, 0) is 19.2 Å². The van der Waals surface area contributed by atoms with Gasteiger partial charge >= 0.3 is 11.8 Å². The smallest absolute Gasteiger partial charge is 0.289 e. The van der Waals surface area contributed by atoms with E-state index in [1.807, 2.05) is 0 Å². The van der Waals surface area contributed by atoms with Gasteiger partial charge in [-0.15, -0.1) is 0 Å². The lowest BCUT2D eigenvalue weighted by atomic mass is 10.1. The second kappa shape index (κ2) is 11.1. The molecule has 114 valence electrons. The van der Waals surface area contributed by atoms with Gasteiger partial charge < -0.3 is 0 Å². The molecule has 0 heterocycles. The molecule has 0 saturated heterocycles. The number of rotatable bonds is 11. The Balaban J connectivity index is 3.42. The maximum Gasteiger partial charge on any atom is 0.310 e. The van der Waals surface area contributed by atoms with E-state index < -0.39 is 23.4 Å². The first-order valence-electron chi connectivity index (χ1n) is 6.47. The van der Waals surface area contributed by atoms with Gasteiger partial charge in [-0.05, 0) is 12.8 Å². The summed E-state index contributed by atoms with van der Waals surface area (Å²) in [7, 11) is 0. The maximum atomic E-state index is 11.0.